The van der Waals surface area contributed by atoms with Crippen LogP contribution in [0.1, 0.15) is 31.7 Å². The molecule has 0 radical (unpaired) electrons. The monoisotopic (exact) mass is 375 g/mol. The number of aliphatic hydroxyl groups is 1. The topological polar surface area (TPSA) is 72.6 Å². The van der Waals surface area contributed by atoms with Crippen molar-refractivity contribution in [1.29, 1.82) is 0 Å². The zero-order valence-electron chi connectivity index (χ0n) is 10.8. The van der Waals surface area contributed by atoms with Crippen molar-refractivity contribution in [2.24, 2.45) is 11.7 Å². The predicted octanol–water partition coefficient (Wildman–Crippen LogP) is 2.76. The summed E-state index contributed by atoms with van der Waals surface area (Å²) in [5, 5.41) is 11.0. The molecule has 3 N–H and O–H groups in total. The Morgan fingerprint density at radius 2 is 2.26 bits per heavy atom. The molecule has 0 bridgehead atoms. The molecular weight excluding hydrogens is 357 g/mol. The number of carbonyl (C=O) groups is 1. The van der Waals surface area contributed by atoms with E-state index in [1.807, 2.05) is 31.2 Å². The van der Waals surface area contributed by atoms with Gasteiger partial charge < -0.3 is 15.6 Å². The van der Waals surface area contributed by atoms with Crippen LogP contribution in [0.4, 0.5) is 4.79 Å². The molecule has 1 aliphatic rings. The molecule has 3 atom stereocenters. The van der Waals surface area contributed by atoms with Crippen LogP contribution in [0.15, 0.2) is 24.3 Å². The fourth-order valence-corrected chi connectivity index (χ4v) is 3.52. The number of halogens is 1. The van der Waals surface area contributed by atoms with E-state index in [0.717, 1.165) is 15.6 Å². The minimum Gasteiger partial charge on any atom is -0.446 e. The number of rotatable bonds is 5. The summed E-state index contributed by atoms with van der Waals surface area (Å²) >= 11 is 2.23. The standard InChI is InChI=1S/C14H18INO3/c1-2-7-14(18,9-5-3-4-6-11(9)15)10-8-12(10)19-13(16)17/h3-6,10,12,18H,2,7-8H2,1H3,(H2,16,17)/t10-,12?,14+/m0/s1. The summed E-state index contributed by atoms with van der Waals surface area (Å²) in [6.45, 7) is 2.03. The molecule has 1 saturated carbocycles. The maximum atomic E-state index is 11.0. The quantitative estimate of drug-likeness (QED) is 0.778. The molecule has 0 aliphatic heterocycles. The van der Waals surface area contributed by atoms with Crippen LogP contribution in [-0.2, 0) is 10.3 Å². The second-order valence-electron chi connectivity index (χ2n) is 4.97. The first-order valence-corrected chi connectivity index (χ1v) is 7.50. The Kier molecular flexibility index (Phi) is 4.35. The van der Waals surface area contributed by atoms with Gasteiger partial charge in [0.2, 0.25) is 0 Å². The molecule has 0 spiro atoms. The van der Waals surface area contributed by atoms with Gasteiger partial charge in [-0.05, 0) is 47.1 Å². The van der Waals surface area contributed by atoms with Gasteiger partial charge in [-0.25, -0.2) is 4.79 Å². The molecule has 1 aliphatic carbocycles. The molecule has 0 aromatic heterocycles. The zero-order valence-corrected chi connectivity index (χ0v) is 13.0. The van der Waals surface area contributed by atoms with Crippen LogP contribution in [0.3, 0.4) is 0 Å². The van der Waals surface area contributed by atoms with Gasteiger partial charge in [0.1, 0.15) is 6.10 Å². The average molecular weight is 375 g/mol. The van der Waals surface area contributed by atoms with Crippen LogP contribution >= 0.6 is 22.6 Å². The van der Waals surface area contributed by atoms with E-state index >= 15 is 0 Å². The predicted molar refractivity (Wildman–Crippen MR) is 80.5 cm³/mol. The van der Waals surface area contributed by atoms with Crippen LogP contribution in [0.5, 0.6) is 0 Å². The normalized spacial score (nSPS) is 24.6. The number of carbonyl (C=O) groups excluding carboxylic acids is 1. The Labute approximate surface area is 126 Å². The smallest absolute Gasteiger partial charge is 0.404 e. The number of amides is 1. The SMILES string of the molecule is CCC[C@@](O)(c1ccccc1I)[C@H]1CC1OC(N)=O. The zero-order chi connectivity index (χ0) is 14.0. The summed E-state index contributed by atoms with van der Waals surface area (Å²) in [6, 6.07) is 7.78. The number of primary amides is 1. The molecule has 0 saturated heterocycles. The highest BCUT2D eigenvalue weighted by Gasteiger charge is 2.55. The molecule has 2 rings (SSSR count). The Morgan fingerprint density at radius 1 is 1.58 bits per heavy atom. The molecule has 5 heteroatoms. The van der Waals surface area contributed by atoms with E-state index < -0.39 is 11.7 Å². The fraction of sp³-hybridized carbons (Fsp3) is 0.500. The van der Waals surface area contributed by atoms with Gasteiger partial charge in [-0.2, -0.15) is 0 Å². The van der Waals surface area contributed by atoms with Gasteiger partial charge in [0.25, 0.3) is 0 Å². The highest BCUT2D eigenvalue weighted by atomic mass is 127. The lowest BCUT2D eigenvalue weighted by Crippen LogP contribution is -2.32. The number of hydrogen-bond acceptors (Lipinski definition) is 3. The number of benzene rings is 1. The lowest BCUT2D eigenvalue weighted by molar-refractivity contribution is -0.0125. The summed E-state index contributed by atoms with van der Waals surface area (Å²) in [4.78, 5) is 10.8. The highest BCUT2D eigenvalue weighted by molar-refractivity contribution is 14.1. The minimum atomic E-state index is -0.938. The number of nitrogens with two attached hydrogens (primary N) is 1. The van der Waals surface area contributed by atoms with E-state index in [1.54, 1.807) is 0 Å². The van der Waals surface area contributed by atoms with E-state index in [0.29, 0.717) is 12.8 Å². The van der Waals surface area contributed by atoms with E-state index in [4.69, 9.17) is 10.5 Å². The van der Waals surface area contributed by atoms with Crippen LogP contribution in [-0.4, -0.2) is 17.3 Å². The summed E-state index contributed by atoms with van der Waals surface area (Å²) in [6.07, 6.45) is 1.15. The van der Waals surface area contributed by atoms with Gasteiger partial charge in [-0.3, -0.25) is 0 Å². The maximum Gasteiger partial charge on any atom is 0.404 e. The third kappa shape index (κ3) is 3.02. The molecule has 1 aromatic carbocycles. The molecule has 19 heavy (non-hydrogen) atoms. The molecule has 1 unspecified atom stereocenters. The molecule has 1 fully saturated rings. The van der Waals surface area contributed by atoms with Gasteiger partial charge in [0.05, 0.1) is 5.60 Å². The Balaban J connectivity index is 2.25. The van der Waals surface area contributed by atoms with E-state index in [-0.39, 0.29) is 12.0 Å². The Morgan fingerprint density at radius 3 is 2.84 bits per heavy atom. The second-order valence-corrected chi connectivity index (χ2v) is 6.13. The summed E-state index contributed by atoms with van der Waals surface area (Å²) in [7, 11) is 0. The summed E-state index contributed by atoms with van der Waals surface area (Å²) in [5.41, 5.74) is 5.01. The highest BCUT2D eigenvalue weighted by Crippen LogP contribution is 2.51. The van der Waals surface area contributed by atoms with Gasteiger partial charge in [0.15, 0.2) is 0 Å². The average Bonchev–Trinajstić information content (AvgIpc) is 3.08. The summed E-state index contributed by atoms with van der Waals surface area (Å²) < 4.78 is 6.03. The lowest BCUT2D eigenvalue weighted by Gasteiger charge is -2.30. The minimum absolute atomic E-state index is 0.0594. The number of ether oxygens (including phenoxy) is 1. The summed E-state index contributed by atoms with van der Waals surface area (Å²) in [5.74, 6) is -0.0594. The van der Waals surface area contributed by atoms with Crippen LogP contribution in [0.25, 0.3) is 0 Å². The van der Waals surface area contributed by atoms with E-state index in [1.165, 1.54) is 0 Å². The second kappa shape index (κ2) is 5.66. The number of hydrogen-bond donors (Lipinski definition) is 2. The first-order chi connectivity index (χ1) is 8.99. The van der Waals surface area contributed by atoms with Crippen molar-refractivity contribution in [2.75, 3.05) is 0 Å². The molecule has 1 aromatic rings. The van der Waals surface area contributed by atoms with E-state index in [9.17, 15) is 9.90 Å². The van der Waals surface area contributed by atoms with Crippen molar-refractivity contribution in [3.05, 3.63) is 33.4 Å². The van der Waals surface area contributed by atoms with Gasteiger partial charge >= 0.3 is 6.09 Å². The molecule has 1 amide bonds. The Hall–Kier alpha value is -0.820. The maximum absolute atomic E-state index is 11.0. The van der Waals surface area contributed by atoms with Crippen LogP contribution in [0, 0.1) is 9.49 Å². The van der Waals surface area contributed by atoms with Crippen molar-refractivity contribution in [3.8, 4) is 0 Å². The third-order valence-corrected chi connectivity index (χ3v) is 4.52. The molecule has 0 heterocycles. The van der Waals surface area contributed by atoms with Crippen molar-refractivity contribution < 1.29 is 14.6 Å². The van der Waals surface area contributed by atoms with Crippen LogP contribution < -0.4 is 5.73 Å². The van der Waals surface area contributed by atoms with Crippen molar-refractivity contribution in [3.63, 3.8) is 0 Å². The van der Waals surface area contributed by atoms with Crippen molar-refractivity contribution in [1.82, 2.24) is 0 Å². The van der Waals surface area contributed by atoms with Gasteiger partial charge in [-0.1, -0.05) is 31.5 Å². The molecular formula is C14H18INO3. The third-order valence-electron chi connectivity index (χ3n) is 3.58. The first-order valence-electron chi connectivity index (χ1n) is 6.42. The van der Waals surface area contributed by atoms with Gasteiger partial charge in [0, 0.05) is 9.49 Å². The molecule has 104 valence electrons. The fourth-order valence-electron chi connectivity index (χ4n) is 2.67. The molecule has 4 nitrogen and oxygen atoms in total. The van der Waals surface area contributed by atoms with E-state index in [2.05, 4.69) is 22.6 Å². The van der Waals surface area contributed by atoms with Crippen molar-refractivity contribution >= 4 is 28.7 Å². The van der Waals surface area contributed by atoms with Gasteiger partial charge in [-0.15, -0.1) is 0 Å². The largest absolute Gasteiger partial charge is 0.446 e. The van der Waals surface area contributed by atoms with Crippen LogP contribution in [0.2, 0.25) is 0 Å². The lowest BCUT2D eigenvalue weighted by atomic mass is 9.84. The first kappa shape index (κ1) is 14.6. The Bertz CT molecular complexity index is 480. The van der Waals surface area contributed by atoms with Crippen molar-refractivity contribution in [2.45, 2.75) is 37.9 Å².